The van der Waals surface area contributed by atoms with Crippen LogP contribution < -0.4 is 10.6 Å². The number of rotatable bonds is 7. The van der Waals surface area contributed by atoms with Gasteiger partial charge in [0, 0.05) is 39.1 Å². The summed E-state index contributed by atoms with van der Waals surface area (Å²) in [6.07, 6.45) is 12.3. The lowest BCUT2D eigenvalue weighted by atomic mass is 9.83. The number of nitrogens with zero attached hydrogens (tertiary/aromatic N) is 3. The Morgan fingerprint density at radius 3 is 2.73 bits per heavy atom. The number of guanidine groups is 1. The van der Waals surface area contributed by atoms with Gasteiger partial charge in [-0.1, -0.05) is 44.0 Å². The molecular formula is C21H31N5. The van der Waals surface area contributed by atoms with Crippen molar-refractivity contribution in [3.63, 3.8) is 0 Å². The van der Waals surface area contributed by atoms with E-state index < -0.39 is 0 Å². The third-order valence-electron chi connectivity index (χ3n) is 5.64. The van der Waals surface area contributed by atoms with Crippen molar-refractivity contribution in [3.05, 3.63) is 54.1 Å². The maximum atomic E-state index is 4.39. The highest BCUT2D eigenvalue weighted by atomic mass is 15.2. The molecule has 0 aliphatic heterocycles. The second-order valence-corrected chi connectivity index (χ2v) is 7.39. The van der Waals surface area contributed by atoms with Crippen LogP contribution in [0.4, 0.5) is 0 Å². The first-order valence-corrected chi connectivity index (χ1v) is 9.71. The molecule has 3 rings (SSSR count). The first kappa shape index (κ1) is 18.5. The Morgan fingerprint density at radius 1 is 1.23 bits per heavy atom. The predicted molar refractivity (Wildman–Crippen MR) is 107 cm³/mol. The van der Waals surface area contributed by atoms with Crippen molar-refractivity contribution in [1.29, 1.82) is 0 Å². The Bertz CT molecular complexity index is 699. The topological polar surface area (TPSA) is 54.2 Å². The summed E-state index contributed by atoms with van der Waals surface area (Å²) in [6.45, 7) is 4.95. The maximum Gasteiger partial charge on any atom is 0.191 e. The average molecular weight is 354 g/mol. The van der Waals surface area contributed by atoms with Crippen molar-refractivity contribution < 1.29 is 0 Å². The standard InChI is InChI=1S/C21H31N5/c1-3-21(9-4-5-10-21)16-25-20(22-2)24-14-18-7-6-8-19(13-18)15-26-12-11-23-17-26/h6-8,11-13,17H,3-5,9-10,14-16H2,1-2H3,(H2,22,24,25). The van der Waals surface area contributed by atoms with Crippen molar-refractivity contribution in [1.82, 2.24) is 20.2 Å². The highest BCUT2D eigenvalue weighted by Gasteiger charge is 2.31. The van der Waals surface area contributed by atoms with Gasteiger partial charge in [0.15, 0.2) is 5.96 Å². The number of aliphatic imine (C=N–C) groups is 1. The molecule has 1 heterocycles. The molecule has 0 bridgehead atoms. The normalized spacial score (nSPS) is 16.6. The maximum absolute atomic E-state index is 4.39. The lowest BCUT2D eigenvalue weighted by molar-refractivity contribution is 0.283. The minimum Gasteiger partial charge on any atom is -0.356 e. The molecule has 1 aromatic carbocycles. The number of imidazole rings is 1. The molecule has 0 unspecified atom stereocenters. The van der Waals surface area contributed by atoms with Crippen LogP contribution in [0.5, 0.6) is 0 Å². The first-order valence-electron chi connectivity index (χ1n) is 9.71. The molecule has 1 aromatic heterocycles. The quantitative estimate of drug-likeness (QED) is 0.591. The summed E-state index contributed by atoms with van der Waals surface area (Å²) in [5.41, 5.74) is 3.00. The largest absolute Gasteiger partial charge is 0.356 e. The number of hydrogen-bond acceptors (Lipinski definition) is 2. The van der Waals surface area contributed by atoms with Gasteiger partial charge in [0.05, 0.1) is 6.33 Å². The molecule has 0 spiro atoms. The van der Waals surface area contributed by atoms with Crippen molar-refractivity contribution in [2.75, 3.05) is 13.6 Å². The molecule has 2 N–H and O–H groups in total. The van der Waals surface area contributed by atoms with Gasteiger partial charge >= 0.3 is 0 Å². The monoisotopic (exact) mass is 353 g/mol. The molecule has 26 heavy (non-hydrogen) atoms. The third kappa shape index (κ3) is 4.87. The van der Waals surface area contributed by atoms with Crippen molar-refractivity contribution in [2.45, 2.75) is 52.1 Å². The number of benzene rings is 1. The molecule has 1 saturated carbocycles. The van der Waals surface area contributed by atoms with Gasteiger partial charge in [0.25, 0.3) is 0 Å². The van der Waals surface area contributed by atoms with E-state index in [1.807, 2.05) is 25.8 Å². The van der Waals surface area contributed by atoms with Gasteiger partial charge in [0.1, 0.15) is 0 Å². The molecule has 0 radical (unpaired) electrons. The van der Waals surface area contributed by atoms with Crippen LogP contribution in [0.15, 0.2) is 48.0 Å². The fourth-order valence-corrected chi connectivity index (χ4v) is 3.89. The highest BCUT2D eigenvalue weighted by Crippen LogP contribution is 2.40. The zero-order valence-electron chi connectivity index (χ0n) is 16.0. The second kappa shape index (κ2) is 8.88. The summed E-state index contributed by atoms with van der Waals surface area (Å²) >= 11 is 0. The van der Waals surface area contributed by atoms with Crippen LogP contribution in [0.1, 0.15) is 50.2 Å². The Balaban J connectivity index is 1.52. The fourth-order valence-electron chi connectivity index (χ4n) is 3.89. The minimum atomic E-state index is 0.461. The molecular weight excluding hydrogens is 322 g/mol. The molecule has 5 heteroatoms. The van der Waals surface area contributed by atoms with Crippen LogP contribution >= 0.6 is 0 Å². The van der Waals surface area contributed by atoms with Crippen molar-refractivity contribution in [2.24, 2.45) is 10.4 Å². The van der Waals surface area contributed by atoms with Crippen LogP contribution in [-0.2, 0) is 13.1 Å². The van der Waals surface area contributed by atoms with Crippen LogP contribution in [-0.4, -0.2) is 29.1 Å². The summed E-state index contributed by atoms with van der Waals surface area (Å²) < 4.78 is 2.08. The van der Waals surface area contributed by atoms with Crippen LogP contribution in [0.25, 0.3) is 0 Å². The minimum absolute atomic E-state index is 0.461. The van der Waals surface area contributed by atoms with E-state index in [9.17, 15) is 0 Å². The van der Waals surface area contributed by atoms with Gasteiger partial charge < -0.3 is 15.2 Å². The zero-order valence-corrected chi connectivity index (χ0v) is 16.0. The van der Waals surface area contributed by atoms with Gasteiger partial charge in [-0.05, 0) is 35.8 Å². The predicted octanol–water partition coefficient (Wildman–Crippen LogP) is 3.57. The Hall–Kier alpha value is -2.30. The molecule has 1 aliphatic rings. The summed E-state index contributed by atoms with van der Waals surface area (Å²) in [7, 11) is 1.85. The molecule has 5 nitrogen and oxygen atoms in total. The van der Waals surface area contributed by atoms with E-state index in [0.717, 1.165) is 25.6 Å². The fraction of sp³-hybridized carbons (Fsp3) is 0.524. The van der Waals surface area contributed by atoms with Crippen LogP contribution in [0.2, 0.25) is 0 Å². The Kier molecular flexibility index (Phi) is 6.31. The molecule has 140 valence electrons. The Labute approximate surface area is 156 Å². The van der Waals surface area contributed by atoms with E-state index in [-0.39, 0.29) is 0 Å². The van der Waals surface area contributed by atoms with Crippen LogP contribution in [0, 0.1) is 5.41 Å². The van der Waals surface area contributed by atoms with Crippen LogP contribution in [0.3, 0.4) is 0 Å². The smallest absolute Gasteiger partial charge is 0.191 e. The van der Waals surface area contributed by atoms with E-state index in [1.54, 1.807) is 0 Å². The van der Waals surface area contributed by atoms with E-state index >= 15 is 0 Å². The lowest BCUT2D eigenvalue weighted by Gasteiger charge is -2.28. The van der Waals surface area contributed by atoms with Gasteiger partial charge in [-0.2, -0.15) is 0 Å². The molecule has 0 amide bonds. The first-order chi connectivity index (χ1) is 12.7. The average Bonchev–Trinajstić information content (AvgIpc) is 3.35. The molecule has 0 saturated heterocycles. The van der Waals surface area contributed by atoms with Gasteiger partial charge in [-0.3, -0.25) is 4.99 Å². The van der Waals surface area contributed by atoms with Crippen molar-refractivity contribution >= 4 is 5.96 Å². The van der Waals surface area contributed by atoms with Crippen molar-refractivity contribution in [3.8, 4) is 0 Å². The van der Waals surface area contributed by atoms with Gasteiger partial charge in [-0.15, -0.1) is 0 Å². The van der Waals surface area contributed by atoms with E-state index in [2.05, 4.69) is 56.4 Å². The van der Waals surface area contributed by atoms with E-state index in [0.29, 0.717) is 5.41 Å². The second-order valence-electron chi connectivity index (χ2n) is 7.39. The summed E-state index contributed by atoms with van der Waals surface area (Å²) in [6, 6.07) is 8.67. The zero-order chi connectivity index (χ0) is 18.2. The van der Waals surface area contributed by atoms with E-state index in [4.69, 9.17) is 0 Å². The third-order valence-corrected chi connectivity index (χ3v) is 5.64. The highest BCUT2D eigenvalue weighted by molar-refractivity contribution is 5.79. The SMILES string of the molecule is CCC1(CNC(=NC)NCc2cccc(Cn3ccnc3)c2)CCCC1. The molecule has 1 fully saturated rings. The number of aromatic nitrogens is 2. The van der Waals surface area contributed by atoms with Gasteiger partial charge in [-0.25, -0.2) is 4.98 Å². The summed E-state index contributed by atoms with van der Waals surface area (Å²) in [4.78, 5) is 8.50. The summed E-state index contributed by atoms with van der Waals surface area (Å²) in [5, 5.41) is 7.01. The Morgan fingerprint density at radius 2 is 2.04 bits per heavy atom. The number of hydrogen-bond donors (Lipinski definition) is 2. The molecule has 2 aromatic rings. The summed E-state index contributed by atoms with van der Waals surface area (Å²) in [5.74, 6) is 0.893. The lowest BCUT2D eigenvalue weighted by Crippen LogP contribution is -2.42. The number of nitrogens with one attached hydrogen (secondary N) is 2. The van der Waals surface area contributed by atoms with E-state index in [1.165, 1.54) is 43.2 Å². The molecule has 0 atom stereocenters. The molecule has 1 aliphatic carbocycles. The van der Waals surface area contributed by atoms with Gasteiger partial charge in [0.2, 0.25) is 0 Å².